The van der Waals surface area contributed by atoms with Gasteiger partial charge in [0.05, 0.1) is 31.1 Å². The van der Waals surface area contributed by atoms with Crippen molar-refractivity contribution in [1.82, 2.24) is 14.7 Å². The van der Waals surface area contributed by atoms with E-state index < -0.39 is 17.7 Å². The van der Waals surface area contributed by atoms with Gasteiger partial charge in [-0.25, -0.2) is 0 Å². The molecule has 2 atom stereocenters. The quantitative estimate of drug-likeness (QED) is 0.135. The Hall–Kier alpha value is -5.34. The molecule has 59 heavy (non-hydrogen) atoms. The Labute approximate surface area is 351 Å². The van der Waals surface area contributed by atoms with Gasteiger partial charge in [-0.3, -0.25) is 14.3 Å². The molecule has 2 unspecified atom stereocenters. The summed E-state index contributed by atoms with van der Waals surface area (Å²) in [7, 11) is 5.92. The average molecular weight is 814 g/mol. The molecule has 4 aromatic rings. The van der Waals surface area contributed by atoms with E-state index in [1.54, 1.807) is 24.3 Å². The lowest BCUT2D eigenvalue weighted by Gasteiger charge is -2.29. The van der Waals surface area contributed by atoms with Crippen molar-refractivity contribution >= 4 is 29.0 Å². The van der Waals surface area contributed by atoms with Crippen LogP contribution in [-0.2, 0) is 17.3 Å². The summed E-state index contributed by atoms with van der Waals surface area (Å²) in [6.07, 6.45) is 12.3. The molecule has 2 amide bonds. The molecular weight excluding hydrogens is 749 g/mol. The van der Waals surface area contributed by atoms with Crippen LogP contribution < -0.4 is 15.0 Å². The third-order valence-corrected chi connectivity index (χ3v) is 10.1. The van der Waals surface area contributed by atoms with Crippen molar-refractivity contribution in [3.63, 3.8) is 0 Å². The highest BCUT2D eigenvalue weighted by Gasteiger charge is 2.35. The summed E-state index contributed by atoms with van der Waals surface area (Å²) in [6.45, 7) is 18.9. The van der Waals surface area contributed by atoms with Gasteiger partial charge in [-0.2, -0.15) is 13.9 Å². The van der Waals surface area contributed by atoms with Crippen LogP contribution in [0.4, 0.5) is 20.2 Å². The number of benzene rings is 3. The highest BCUT2D eigenvalue weighted by atomic mass is 19.3. The van der Waals surface area contributed by atoms with Crippen LogP contribution in [-0.4, -0.2) is 66.1 Å². The molecule has 1 aliphatic rings. The zero-order chi connectivity index (χ0) is 44.4. The van der Waals surface area contributed by atoms with Gasteiger partial charge in [0, 0.05) is 35.0 Å². The summed E-state index contributed by atoms with van der Waals surface area (Å²) in [6, 6.07) is 17.2. The molecule has 320 valence electrons. The van der Waals surface area contributed by atoms with Crippen LogP contribution in [0.5, 0.6) is 5.75 Å². The standard InChI is InChI=1S/C30H24F2N4O3.C13H29N.C3H6O.C2H6/c1-4-20-17-21(7-14-26(20)39-3)28(37)34-25-18-33-36-16-15-35(29(38)27(25)36)24-12-10-23(11-13-24)30(31,32)22-8-5-19(2)6-9-22;1-7-11(3)9-13(14(5)6)10-12(4)8-2;1-3(2)4;1-2/h1,5-14,17-18H,15-16H2,2-3H3,(H,34,37);11-13H,7-10H2,1-6H3;1-2H3;1-2H3. The molecule has 0 radical (unpaired) electrons. The van der Waals surface area contributed by atoms with Crippen molar-refractivity contribution in [2.45, 2.75) is 107 Å². The number of nitrogens with one attached hydrogen (secondary N) is 1. The lowest BCUT2D eigenvalue weighted by atomic mass is 9.91. The van der Waals surface area contributed by atoms with Crippen LogP contribution in [0.2, 0.25) is 0 Å². The topological polar surface area (TPSA) is 96.8 Å². The van der Waals surface area contributed by atoms with Gasteiger partial charge in [0.25, 0.3) is 17.7 Å². The minimum absolute atomic E-state index is 0.106. The first-order valence-corrected chi connectivity index (χ1v) is 20.5. The second-order valence-electron chi connectivity index (χ2n) is 15.1. The van der Waals surface area contributed by atoms with E-state index >= 15 is 8.78 Å². The van der Waals surface area contributed by atoms with Crippen LogP contribution in [0, 0.1) is 31.1 Å². The van der Waals surface area contributed by atoms with Crippen LogP contribution >= 0.6 is 0 Å². The van der Waals surface area contributed by atoms with Crippen LogP contribution in [0.25, 0.3) is 0 Å². The lowest BCUT2D eigenvalue weighted by molar-refractivity contribution is -0.115. The number of aromatic nitrogens is 2. The fourth-order valence-electron chi connectivity index (χ4n) is 6.26. The monoisotopic (exact) mass is 814 g/mol. The van der Waals surface area contributed by atoms with E-state index in [1.165, 1.54) is 105 Å². The first-order valence-electron chi connectivity index (χ1n) is 20.5. The molecule has 11 heteroatoms. The molecule has 5 rings (SSSR count). The molecular formula is C48H65F2N5O4. The molecule has 1 N–H and O–H groups in total. The molecule has 1 aliphatic heterocycles. The van der Waals surface area contributed by atoms with Gasteiger partial charge < -0.3 is 24.6 Å². The number of terminal acetylenes is 1. The first-order chi connectivity index (χ1) is 28.0. The molecule has 0 saturated carbocycles. The normalized spacial score (nSPS) is 13.5. The zero-order valence-electron chi connectivity index (χ0n) is 37.2. The summed E-state index contributed by atoms with van der Waals surface area (Å²) in [5.41, 5.74) is 2.19. The number of methoxy groups -OCH3 is 1. The van der Waals surface area contributed by atoms with E-state index in [4.69, 9.17) is 11.2 Å². The minimum atomic E-state index is -3.19. The fraction of sp³-hybridized carbons (Fsp3) is 0.458. The number of ether oxygens (including phenoxy) is 1. The largest absolute Gasteiger partial charge is 0.495 e. The number of halogens is 2. The van der Waals surface area contributed by atoms with Crippen LogP contribution in [0.1, 0.15) is 124 Å². The van der Waals surface area contributed by atoms with Gasteiger partial charge in [0.15, 0.2) is 0 Å². The molecule has 0 saturated heterocycles. The Bertz CT molecular complexity index is 1970. The number of nitrogens with zero attached hydrogens (tertiary/aromatic N) is 4. The smallest absolute Gasteiger partial charge is 0.298 e. The average Bonchev–Trinajstić information content (AvgIpc) is 3.64. The molecule has 1 aromatic heterocycles. The molecule has 0 bridgehead atoms. The van der Waals surface area contributed by atoms with Crippen molar-refractivity contribution in [3.8, 4) is 18.1 Å². The number of carbonyl (C=O) groups excluding carboxylic acids is 3. The Morgan fingerprint density at radius 3 is 1.93 bits per heavy atom. The number of aryl methyl sites for hydroxylation is 1. The molecule has 0 spiro atoms. The molecule has 2 heterocycles. The van der Waals surface area contributed by atoms with Gasteiger partial charge in [0.2, 0.25) is 0 Å². The van der Waals surface area contributed by atoms with Gasteiger partial charge in [0.1, 0.15) is 17.2 Å². The number of carbonyl (C=O) groups is 3. The number of fused-ring (bicyclic) bond motifs is 1. The number of rotatable bonds is 13. The number of anilines is 2. The number of alkyl halides is 2. The summed E-state index contributed by atoms with van der Waals surface area (Å²) in [5, 5.41) is 6.96. The van der Waals surface area contributed by atoms with E-state index in [1.807, 2.05) is 20.8 Å². The van der Waals surface area contributed by atoms with E-state index in [-0.39, 0.29) is 33.9 Å². The maximum absolute atomic E-state index is 15.1. The number of hydrogen-bond acceptors (Lipinski definition) is 6. The lowest BCUT2D eigenvalue weighted by Crippen LogP contribution is -2.41. The number of ketones is 1. The van der Waals surface area contributed by atoms with Crippen molar-refractivity contribution in [2.24, 2.45) is 11.8 Å². The van der Waals surface area contributed by atoms with E-state index in [0.717, 1.165) is 23.4 Å². The summed E-state index contributed by atoms with van der Waals surface area (Å²) < 4.78 is 36.9. The van der Waals surface area contributed by atoms with Crippen LogP contribution in [0.3, 0.4) is 0 Å². The highest BCUT2D eigenvalue weighted by molar-refractivity contribution is 6.13. The van der Waals surface area contributed by atoms with E-state index in [0.29, 0.717) is 30.1 Å². The predicted molar refractivity (Wildman–Crippen MR) is 237 cm³/mol. The summed E-state index contributed by atoms with van der Waals surface area (Å²) in [5.74, 6) is 0.770. The molecule has 3 aromatic carbocycles. The zero-order valence-corrected chi connectivity index (χ0v) is 37.2. The van der Waals surface area contributed by atoms with Crippen molar-refractivity contribution in [2.75, 3.05) is 38.0 Å². The fourth-order valence-corrected chi connectivity index (χ4v) is 6.26. The van der Waals surface area contributed by atoms with Gasteiger partial charge >= 0.3 is 0 Å². The summed E-state index contributed by atoms with van der Waals surface area (Å²) in [4.78, 5) is 39.7. The predicted octanol–water partition coefficient (Wildman–Crippen LogP) is 10.6. The maximum Gasteiger partial charge on any atom is 0.298 e. The third-order valence-electron chi connectivity index (χ3n) is 10.1. The molecule has 9 nitrogen and oxygen atoms in total. The van der Waals surface area contributed by atoms with Crippen molar-refractivity contribution in [3.05, 3.63) is 106 Å². The van der Waals surface area contributed by atoms with Gasteiger partial charge in [-0.15, -0.1) is 6.42 Å². The van der Waals surface area contributed by atoms with Crippen LogP contribution in [0.15, 0.2) is 72.9 Å². The second-order valence-corrected chi connectivity index (χ2v) is 15.1. The minimum Gasteiger partial charge on any atom is -0.495 e. The van der Waals surface area contributed by atoms with Crippen molar-refractivity contribution < 1.29 is 27.9 Å². The second kappa shape index (κ2) is 23.9. The number of hydrogen-bond donors (Lipinski definition) is 1. The SMILES string of the molecule is C#Cc1cc(C(=O)Nc2cnn3c2C(=O)N(c2ccc(C(F)(F)c4ccc(C)cc4)cc2)CC3)ccc1OC.CC.CC(C)=O.CCC(C)CC(CC(C)CC)N(C)C. The Morgan fingerprint density at radius 2 is 1.46 bits per heavy atom. The van der Waals surface area contributed by atoms with Crippen molar-refractivity contribution in [1.29, 1.82) is 0 Å². The Morgan fingerprint density at radius 1 is 0.932 bits per heavy atom. The number of Topliss-reactive ketones (excluding diaryl/α,β-unsaturated/α-hetero) is 1. The third kappa shape index (κ3) is 14.2. The number of amides is 2. The van der Waals surface area contributed by atoms with E-state index in [2.05, 4.69) is 63.0 Å². The maximum atomic E-state index is 15.1. The summed E-state index contributed by atoms with van der Waals surface area (Å²) >= 11 is 0. The van der Waals surface area contributed by atoms with Gasteiger partial charge in [-0.05, 0) is 89.9 Å². The Balaban J connectivity index is 0.000000502. The first kappa shape index (κ1) is 49.8. The molecule has 0 fully saturated rings. The van der Waals surface area contributed by atoms with E-state index in [9.17, 15) is 14.4 Å². The van der Waals surface area contributed by atoms with Gasteiger partial charge in [-0.1, -0.05) is 102 Å². The Kier molecular flexibility index (Phi) is 20.2. The highest BCUT2D eigenvalue weighted by Crippen LogP contribution is 2.37. The molecule has 0 aliphatic carbocycles.